The summed E-state index contributed by atoms with van der Waals surface area (Å²) in [6, 6.07) is 8.32. The number of aliphatic hydroxyl groups excluding tert-OH is 1. The SMILES string of the molecule is CCOP(=O)(OCC)[C@@H](O)[C@@H](C)NC(=O)OCc1ccccc1. The number of carbonyl (C=O) groups is 1. The van der Waals surface area contributed by atoms with Crippen LogP contribution in [0.4, 0.5) is 4.79 Å². The lowest BCUT2D eigenvalue weighted by Gasteiger charge is -2.26. The van der Waals surface area contributed by atoms with Gasteiger partial charge in [0.05, 0.1) is 19.3 Å². The van der Waals surface area contributed by atoms with E-state index in [2.05, 4.69) is 5.32 Å². The first-order valence-electron chi connectivity index (χ1n) is 7.47. The Balaban J connectivity index is 2.54. The molecule has 0 saturated carbocycles. The summed E-state index contributed by atoms with van der Waals surface area (Å²) in [4.78, 5) is 11.8. The Kier molecular flexibility index (Phi) is 8.26. The molecule has 1 aromatic rings. The van der Waals surface area contributed by atoms with Crippen molar-refractivity contribution in [3.8, 4) is 0 Å². The van der Waals surface area contributed by atoms with Gasteiger partial charge >= 0.3 is 13.7 Å². The van der Waals surface area contributed by atoms with Crippen molar-refractivity contribution >= 4 is 13.7 Å². The predicted octanol–water partition coefficient (Wildman–Crippen LogP) is 2.89. The molecule has 8 heteroatoms. The number of hydrogen-bond acceptors (Lipinski definition) is 6. The second-order valence-corrected chi connectivity index (χ2v) is 6.91. The zero-order valence-corrected chi connectivity index (χ0v) is 14.5. The molecule has 2 atom stereocenters. The van der Waals surface area contributed by atoms with Crippen molar-refractivity contribution < 1.29 is 28.3 Å². The number of hydrogen-bond donors (Lipinski definition) is 2. The molecule has 130 valence electrons. The maximum Gasteiger partial charge on any atom is 0.407 e. The first-order chi connectivity index (χ1) is 10.9. The minimum absolute atomic E-state index is 0.101. The van der Waals surface area contributed by atoms with E-state index in [1.165, 1.54) is 6.92 Å². The van der Waals surface area contributed by atoms with E-state index in [9.17, 15) is 14.5 Å². The zero-order valence-electron chi connectivity index (χ0n) is 13.6. The molecular weight excluding hydrogens is 321 g/mol. The van der Waals surface area contributed by atoms with Crippen LogP contribution in [0.3, 0.4) is 0 Å². The Labute approximate surface area is 136 Å². The molecule has 0 bridgehead atoms. The molecular formula is C15H24NO6P. The maximum absolute atomic E-state index is 12.4. The van der Waals surface area contributed by atoms with Crippen LogP contribution < -0.4 is 5.32 Å². The highest BCUT2D eigenvalue weighted by atomic mass is 31.2. The van der Waals surface area contributed by atoms with Crippen LogP contribution in [0.15, 0.2) is 30.3 Å². The molecule has 0 aliphatic rings. The number of benzene rings is 1. The average Bonchev–Trinajstić information content (AvgIpc) is 2.53. The van der Waals surface area contributed by atoms with E-state index in [-0.39, 0.29) is 19.8 Å². The van der Waals surface area contributed by atoms with Crippen LogP contribution in [0.25, 0.3) is 0 Å². The molecule has 0 saturated heterocycles. The molecule has 7 nitrogen and oxygen atoms in total. The quantitative estimate of drug-likeness (QED) is 0.668. The fourth-order valence-electron chi connectivity index (χ4n) is 1.85. The van der Waals surface area contributed by atoms with Crippen LogP contribution in [0.2, 0.25) is 0 Å². The van der Waals surface area contributed by atoms with Gasteiger partial charge in [-0.15, -0.1) is 0 Å². The Morgan fingerprint density at radius 1 is 1.22 bits per heavy atom. The van der Waals surface area contributed by atoms with Crippen LogP contribution in [-0.2, 0) is 25.0 Å². The van der Waals surface area contributed by atoms with Gasteiger partial charge in [0.2, 0.25) is 0 Å². The molecule has 0 heterocycles. The highest BCUT2D eigenvalue weighted by Crippen LogP contribution is 2.52. The zero-order chi connectivity index (χ0) is 17.3. The fourth-order valence-corrected chi connectivity index (χ4v) is 3.57. The number of amides is 1. The highest BCUT2D eigenvalue weighted by molar-refractivity contribution is 7.54. The van der Waals surface area contributed by atoms with Crippen molar-refractivity contribution in [1.29, 1.82) is 0 Å². The van der Waals surface area contributed by atoms with E-state index < -0.39 is 25.6 Å². The second-order valence-electron chi connectivity index (χ2n) is 4.78. The van der Waals surface area contributed by atoms with E-state index in [1.54, 1.807) is 13.8 Å². The lowest BCUT2D eigenvalue weighted by atomic mass is 10.2. The molecule has 23 heavy (non-hydrogen) atoms. The molecule has 0 fully saturated rings. The molecule has 0 aliphatic carbocycles. The van der Waals surface area contributed by atoms with Gasteiger partial charge in [-0.2, -0.15) is 0 Å². The number of rotatable bonds is 9. The minimum Gasteiger partial charge on any atom is -0.445 e. The molecule has 1 aromatic carbocycles. The van der Waals surface area contributed by atoms with E-state index in [4.69, 9.17) is 13.8 Å². The van der Waals surface area contributed by atoms with Crippen LogP contribution in [-0.4, -0.2) is 36.3 Å². The van der Waals surface area contributed by atoms with E-state index in [0.29, 0.717) is 0 Å². The number of aliphatic hydroxyl groups is 1. The van der Waals surface area contributed by atoms with Gasteiger partial charge in [-0.1, -0.05) is 30.3 Å². The first-order valence-corrected chi connectivity index (χ1v) is 9.08. The molecule has 0 radical (unpaired) electrons. The van der Waals surface area contributed by atoms with Crippen LogP contribution >= 0.6 is 7.60 Å². The summed E-state index contributed by atoms with van der Waals surface area (Å²) in [7, 11) is -3.71. The molecule has 0 aliphatic heterocycles. The van der Waals surface area contributed by atoms with Gasteiger partial charge in [-0.05, 0) is 26.3 Å². The van der Waals surface area contributed by atoms with E-state index in [0.717, 1.165) is 5.56 Å². The summed E-state index contributed by atoms with van der Waals surface area (Å²) in [6.07, 6.45) is -0.722. The Morgan fingerprint density at radius 3 is 2.30 bits per heavy atom. The van der Waals surface area contributed by atoms with Crippen LogP contribution in [0.1, 0.15) is 26.3 Å². The van der Waals surface area contributed by atoms with E-state index >= 15 is 0 Å². The maximum atomic E-state index is 12.4. The van der Waals surface area contributed by atoms with Crippen molar-refractivity contribution in [3.63, 3.8) is 0 Å². The third-order valence-electron chi connectivity index (χ3n) is 2.95. The standard InChI is InChI=1S/C15H24NO6P/c1-4-21-23(19,22-5-2)14(17)12(3)16-15(18)20-11-13-9-7-6-8-10-13/h6-10,12,14,17H,4-5,11H2,1-3H3,(H,16,18)/t12-,14-/m1/s1. The van der Waals surface area contributed by atoms with Gasteiger partial charge in [-0.3, -0.25) is 4.57 Å². The number of ether oxygens (including phenoxy) is 1. The Morgan fingerprint density at radius 2 is 1.78 bits per heavy atom. The highest BCUT2D eigenvalue weighted by Gasteiger charge is 2.38. The summed E-state index contributed by atoms with van der Waals surface area (Å²) >= 11 is 0. The average molecular weight is 345 g/mol. The lowest BCUT2D eigenvalue weighted by molar-refractivity contribution is 0.110. The smallest absolute Gasteiger partial charge is 0.407 e. The largest absolute Gasteiger partial charge is 0.445 e. The number of alkyl carbamates (subject to hydrolysis) is 1. The van der Waals surface area contributed by atoms with Crippen LogP contribution in [0.5, 0.6) is 0 Å². The van der Waals surface area contributed by atoms with Gasteiger partial charge in [0.25, 0.3) is 0 Å². The third-order valence-corrected chi connectivity index (χ3v) is 5.28. The lowest BCUT2D eigenvalue weighted by Crippen LogP contribution is -2.41. The van der Waals surface area contributed by atoms with Crippen molar-refractivity contribution in [3.05, 3.63) is 35.9 Å². The van der Waals surface area contributed by atoms with Crippen molar-refractivity contribution in [2.45, 2.75) is 39.3 Å². The molecule has 1 rings (SSSR count). The number of carbonyl (C=O) groups excluding carboxylic acids is 1. The molecule has 2 N–H and O–H groups in total. The van der Waals surface area contributed by atoms with Crippen molar-refractivity contribution in [2.75, 3.05) is 13.2 Å². The molecule has 0 aromatic heterocycles. The van der Waals surface area contributed by atoms with Gasteiger partial charge in [-0.25, -0.2) is 4.79 Å². The summed E-state index contributed by atoms with van der Waals surface area (Å²) < 4.78 is 27.6. The topological polar surface area (TPSA) is 94.1 Å². The summed E-state index contributed by atoms with van der Waals surface area (Å²) in [5.41, 5.74) is 0.838. The molecule has 1 amide bonds. The van der Waals surface area contributed by atoms with Crippen molar-refractivity contribution in [2.24, 2.45) is 0 Å². The van der Waals surface area contributed by atoms with Gasteiger partial charge in [0.1, 0.15) is 6.61 Å². The predicted molar refractivity (Wildman–Crippen MR) is 86.1 cm³/mol. The summed E-state index contributed by atoms with van der Waals surface area (Å²) in [5, 5.41) is 12.6. The third kappa shape index (κ3) is 6.31. The minimum atomic E-state index is -3.71. The fraction of sp³-hybridized carbons (Fsp3) is 0.533. The van der Waals surface area contributed by atoms with Crippen molar-refractivity contribution in [1.82, 2.24) is 5.32 Å². The Hall–Kier alpha value is -1.40. The molecule has 0 unspecified atom stereocenters. The van der Waals surface area contributed by atoms with Gasteiger partial charge in [0, 0.05) is 0 Å². The first kappa shape index (κ1) is 19.6. The normalized spacial score (nSPS) is 14.1. The van der Waals surface area contributed by atoms with E-state index in [1.807, 2.05) is 30.3 Å². The second kappa shape index (κ2) is 9.67. The number of nitrogens with one attached hydrogen (secondary N) is 1. The monoisotopic (exact) mass is 345 g/mol. The van der Waals surface area contributed by atoms with Gasteiger partial charge < -0.3 is 24.2 Å². The van der Waals surface area contributed by atoms with Gasteiger partial charge in [0.15, 0.2) is 5.85 Å². The summed E-state index contributed by atoms with van der Waals surface area (Å²) in [6.45, 7) is 5.14. The summed E-state index contributed by atoms with van der Waals surface area (Å²) in [5.74, 6) is -1.48. The Bertz CT molecular complexity index is 514. The molecule has 0 spiro atoms. The van der Waals surface area contributed by atoms with Crippen LogP contribution in [0, 0.1) is 0 Å².